The maximum absolute atomic E-state index is 2.42. The third-order valence-electron chi connectivity index (χ3n) is 12.3. The third kappa shape index (κ3) is 6.71. The highest BCUT2D eigenvalue weighted by molar-refractivity contribution is 6.13. The Hall–Kier alpha value is -6.70. The van der Waals surface area contributed by atoms with E-state index in [1.54, 1.807) is 0 Å². The fourth-order valence-electron chi connectivity index (χ4n) is 8.84. The quantitative estimate of drug-likeness (QED) is 0.163. The highest BCUT2D eigenvalue weighted by atomic mass is 15.1. The Balaban J connectivity index is 1.06. The maximum atomic E-state index is 2.42. The van der Waals surface area contributed by atoms with E-state index in [4.69, 9.17) is 0 Å². The number of para-hydroxylation sites is 1. The zero-order chi connectivity index (χ0) is 40.5. The van der Waals surface area contributed by atoms with Crippen molar-refractivity contribution in [1.29, 1.82) is 0 Å². The van der Waals surface area contributed by atoms with Crippen LogP contribution in [0.15, 0.2) is 188 Å². The molecule has 286 valence electrons. The van der Waals surface area contributed by atoms with Crippen LogP contribution in [0.5, 0.6) is 0 Å². The van der Waals surface area contributed by atoms with E-state index in [9.17, 15) is 0 Å². The number of anilines is 3. The van der Waals surface area contributed by atoms with Crippen molar-refractivity contribution in [2.24, 2.45) is 0 Å². The van der Waals surface area contributed by atoms with Gasteiger partial charge in [0.25, 0.3) is 0 Å². The highest BCUT2D eigenvalue weighted by Gasteiger charge is 2.25. The van der Waals surface area contributed by atoms with Crippen LogP contribution in [-0.4, -0.2) is 0 Å². The van der Waals surface area contributed by atoms with Crippen LogP contribution in [0.25, 0.3) is 77.2 Å². The second kappa shape index (κ2) is 14.0. The number of hydrogen-bond donors (Lipinski definition) is 0. The molecule has 1 heteroatoms. The monoisotopic (exact) mass is 759 g/mol. The molecule has 0 aliphatic heterocycles. The summed E-state index contributed by atoms with van der Waals surface area (Å²) in [6.07, 6.45) is 0. The van der Waals surface area contributed by atoms with Crippen LogP contribution < -0.4 is 4.90 Å². The fourth-order valence-corrected chi connectivity index (χ4v) is 8.84. The Labute approximate surface area is 349 Å². The van der Waals surface area contributed by atoms with Gasteiger partial charge in [-0.3, -0.25) is 0 Å². The SMILES string of the molecule is CC(C)(C)c1ccc(-c2cc3cc4c(cc3cc2-c2ccc(C(C)(C)C)cc2)-c2cc3cc(N(c5ccccc5)c5ccc(-c6ccccc6)cc5)ccc3cc2-4)cc1. The van der Waals surface area contributed by atoms with Gasteiger partial charge in [0.2, 0.25) is 0 Å². The minimum absolute atomic E-state index is 0.0993. The molecule has 0 radical (unpaired) electrons. The van der Waals surface area contributed by atoms with Crippen LogP contribution in [0, 0.1) is 0 Å². The molecular formula is C58H49N. The Morgan fingerprint density at radius 2 is 0.627 bits per heavy atom. The maximum Gasteiger partial charge on any atom is 0.0468 e. The number of hydrogen-bond acceptors (Lipinski definition) is 1. The predicted molar refractivity (Wildman–Crippen MR) is 254 cm³/mol. The van der Waals surface area contributed by atoms with E-state index in [0.29, 0.717) is 0 Å². The summed E-state index contributed by atoms with van der Waals surface area (Å²) in [5.74, 6) is 0. The van der Waals surface area contributed by atoms with Gasteiger partial charge in [-0.25, -0.2) is 0 Å². The van der Waals surface area contributed by atoms with E-state index < -0.39 is 0 Å². The Morgan fingerprint density at radius 3 is 1.10 bits per heavy atom. The molecule has 0 aromatic heterocycles. The van der Waals surface area contributed by atoms with Crippen LogP contribution in [0.3, 0.4) is 0 Å². The molecule has 0 N–H and O–H groups in total. The second-order valence-electron chi connectivity index (χ2n) is 18.3. The molecule has 0 bridgehead atoms. The average Bonchev–Trinajstić information content (AvgIpc) is 3.25. The lowest BCUT2D eigenvalue weighted by atomic mass is 9.77. The Kier molecular flexibility index (Phi) is 8.69. The number of nitrogens with zero attached hydrogens (tertiary/aromatic N) is 1. The van der Waals surface area contributed by atoms with E-state index in [2.05, 4.69) is 234 Å². The minimum atomic E-state index is 0.0993. The summed E-state index contributed by atoms with van der Waals surface area (Å²) in [7, 11) is 0. The molecule has 0 saturated carbocycles. The van der Waals surface area contributed by atoms with Gasteiger partial charge in [-0.2, -0.15) is 0 Å². The third-order valence-corrected chi connectivity index (χ3v) is 12.3. The smallest absolute Gasteiger partial charge is 0.0468 e. The van der Waals surface area contributed by atoms with Gasteiger partial charge in [0.1, 0.15) is 0 Å². The predicted octanol–water partition coefficient (Wildman–Crippen LogP) is 16.7. The first-order chi connectivity index (χ1) is 28.5. The summed E-state index contributed by atoms with van der Waals surface area (Å²) in [6, 6.07) is 70.0. The molecule has 10 rings (SSSR count). The first-order valence-corrected chi connectivity index (χ1v) is 20.9. The summed E-state index contributed by atoms with van der Waals surface area (Å²) in [5.41, 5.74) is 19.1. The number of rotatable bonds is 6. The van der Waals surface area contributed by atoms with Gasteiger partial charge >= 0.3 is 0 Å². The molecule has 9 aromatic carbocycles. The molecule has 0 unspecified atom stereocenters. The zero-order valence-electron chi connectivity index (χ0n) is 34.8. The summed E-state index contributed by atoms with van der Waals surface area (Å²) < 4.78 is 0. The highest BCUT2D eigenvalue weighted by Crippen LogP contribution is 2.52. The summed E-state index contributed by atoms with van der Waals surface area (Å²) >= 11 is 0. The summed E-state index contributed by atoms with van der Waals surface area (Å²) in [5, 5.41) is 5.02. The first kappa shape index (κ1) is 36.6. The van der Waals surface area contributed by atoms with Gasteiger partial charge in [0.05, 0.1) is 0 Å². The van der Waals surface area contributed by atoms with E-state index in [0.717, 1.165) is 17.1 Å². The van der Waals surface area contributed by atoms with Crippen LogP contribution >= 0.6 is 0 Å². The van der Waals surface area contributed by atoms with Gasteiger partial charge in [-0.15, -0.1) is 0 Å². The van der Waals surface area contributed by atoms with Crippen molar-refractivity contribution in [2.45, 2.75) is 52.4 Å². The van der Waals surface area contributed by atoms with Crippen molar-refractivity contribution in [1.82, 2.24) is 0 Å². The van der Waals surface area contributed by atoms with Crippen molar-refractivity contribution in [3.05, 3.63) is 199 Å². The standard InChI is InChI=1S/C58H49N/c1-57(2,3)46-24-17-40(18-25-46)51-33-44-36-55-53-32-42-23-30-50(59(48-15-11-8-12-16-48)49-28-21-39(22-29-49)38-13-9-7-10-14-38)31-43(42)35-54(53)56(55)37-45(44)34-52(51)41-19-26-47(27-20-41)58(4,5)6/h7-37H,1-6H3. The van der Waals surface area contributed by atoms with Gasteiger partial charge in [-0.1, -0.05) is 157 Å². The van der Waals surface area contributed by atoms with E-state index >= 15 is 0 Å². The number of benzene rings is 9. The van der Waals surface area contributed by atoms with Gasteiger partial charge in [-0.05, 0) is 172 Å². The minimum Gasteiger partial charge on any atom is -0.310 e. The van der Waals surface area contributed by atoms with E-state index in [1.165, 1.54) is 88.3 Å². The molecule has 0 spiro atoms. The molecule has 59 heavy (non-hydrogen) atoms. The number of fused-ring (bicyclic) bond motifs is 6. The topological polar surface area (TPSA) is 3.24 Å². The van der Waals surface area contributed by atoms with Crippen molar-refractivity contribution in [3.8, 4) is 55.6 Å². The van der Waals surface area contributed by atoms with E-state index in [-0.39, 0.29) is 10.8 Å². The normalized spacial score (nSPS) is 12.2. The molecule has 1 nitrogen and oxygen atoms in total. The second-order valence-corrected chi connectivity index (χ2v) is 18.3. The van der Waals surface area contributed by atoms with Crippen molar-refractivity contribution in [2.75, 3.05) is 4.90 Å². The van der Waals surface area contributed by atoms with Crippen LogP contribution in [0.2, 0.25) is 0 Å². The first-order valence-electron chi connectivity index (χ1n) is 20.9. The Morgan fingerprint density at radius 1 is 0.271 bits per heavy atom. The lowest BCUT2D eigenvalue weighted by Gasteiger charge is -2.28. The summed E-state index contributed by atoms with van der Waals surface area (Å²) in [4.78, 5) is 2.36. The van der Waals surface area contributed by atoms with Crippen molar-refractivity contribution >= 4 is 38.6 Å². The molecule has 9 aromatic rings. The molecule has 0 amide bonds. The van der Waals surface area contributed by atoms with Gasteiger partial charge < -0.3 is 4.90 Å². The lowest BCUT2D eigenvalue weighted by molar-refractivity contribution is 0.590. The van der Waals surface area contributed by atoms with E-state index in [1.807, 2.05) is 0 Å². The Bertz CT molecular complexity index is 3000. The molecule has 1 aliphatic rings. The molecule has 0 saturated heterocycles. The molecular weight excluding hydrogens is 711 g/mol. The molecule has 1 aliphatic carbocycles. The molecule has 0 fully saturated rings. The largest absolute Gasteiger partial charge is 0.310 e. The van der Waals surface area contributed by atoms with Crippen LogP contribution in [-0.2, 0) is 10.8 Å². The van der Waals surface area contributed by atoms with Gasteiger partial charge in [0, 0.05) is 17.1 Å². The van der Waals surface area contributed by atoms with Crippen molar-refractivity contribution < 1.29 is 0 Å². The lowest BCUT2D eigenvalue weighted by Crippen LogP contribution is -2.10. The van der Waals surface area contributed by atoms with Crippen molar-refractivity contribution in [3.63, 3.8) is 0 Å². The zero-order valence-corrected chi connectivity index (χ0v) is 34.8. The average molecular weight is 760 g/mol. The molecule has 0 heterocycles. The fraction of sp³-hybridized carbons (Fsp3) is 0.138. The van der Waals surface area contributed by atoms with Crippen LogP contribution in [0.1, 0.15) is 52.7 Å². The van der Waals surface area contributed by atoms with Gasteiger partial charge in [0.15, 0.2) is 0 Å². The van der Waals surface area contributed by atoms with Crippen LogP contribution in [0.4, 0.5) is 17.1 Å². The molecule has 0 atom stereocenters. The summed E-state index contributed by atoms with van der Waals surface area (Å²) in [6.45, 7) is 13.7.